The summed E-state index contributed by atoms with van der Waals surface area (Å²) in [6, 6.07) is 7.74. The van der Waals surface area contributed by atoms with Crippen molar-refractivity contribution in [1.29, 1.82) is 0 Å². The number of ketones is 2. The number of aliphatic hydroxyl groups excluding tert-OH is 2. The molecule has 0 radical (unpaired) electrons. The summed E-state index contributed by atoms with van der Waals surface area (Å²) in [4.78, 5) is 180. The Morgan fingerprint density at radius 2 is 1.15 bits per heavy atom. The third-order valence-corrected chi connectivity index (χ3v) is 25.3. The monoisotopic (exact) mass is 2040 g/mol. The van der Waals surface area contributed by atoms with Crippen LogP contribution in [0.1, 0.15) is 153 Å². The van der Waals surface area contributed by atoms with E-state index < -0.39 is 108 Å². The maximum Gasteiger partial charge on any atom is 0.481 e. The van der Waals surface area contributed by atoms with E-state index in [1.165, 1.54) is 36.5 Å². The molecule has 1 aromatic carbocycles. The van der Waals surface area contributed by atoms with Crippen LogP contribution in [0.15, 0.2) is 49.1 Å². The summed E-state index contributed by atoms with van der Waals surface area (Å²) in [6.45, 7) is 4.52. The fraction of sp³-hybridized carbons (Fsp3) is 0.720. The zero-order valence-corrected chi connectivity index (χ0v) is 80.9. The van der Waals surface area contributed by atoms with Gasteiger partial charge in [-0.25, -0.2) is 28.6 Å². The Hall–Kier alpha value is -6.49. The number of alkyl halides is 2. The van der Waals surface area contributed by atoms with Crippen LogP contribution in [0.3, 0.4) is 0 Å². The van der Waals surface area contributed by atoms with Crippen LogP contribution in [-0.2, 0) is 148 Å². The first-order chi connectivity index (χ1) is 64.7. The number of hydrogen-bond acceptors (Lipinski definition) is 37. The Kier molecular flexibility index (Phi) is 56.9. The lowest BCUT2D eigenvalue weighted by atomic mass is 9.87. The van der Waals surface area contributed by atoms with Crippen LogP contribution >= 0.6 is 58.4 Å². The molecule has 3 aromatic rings. The highest BCUT2D eigenvalue weighted by atomic mass is 35.5. The van der Waals surface area contributed by atoms with Crippen molar-refractivity contribution in [3.63, 3.8) is 0 Å². The van der Waals surface area contributed by atoms with Crippen molar-refractivity contribution >= 4 is 134 Å². The van der Waals surface area contributed by atoms with Gasteiger partial charge in [0, 0.05) is 119 Å². The quantitative estimate of drug-likeness (QED) is 0.0125. The molecule has 764 valence electrons. The number of aliphatic hydroxyl groups is 2. The number of likely N-dealkylation sites (tertiary alicyclic amines) is 1. The topological polar surface area (TPSA) is 624 Å². The summed E-state index contributed by atoms with van der Waals surface area (Å²) in [5.74, 6) is -1.93. The Morgan fingerprint density at radius 3 is 1.74 bits per heavy atom. The number of hydrogen-bond donors (Lipinski definition) is 11. The van der Waals surface area contributed by atoms with Crippen molar-refractivity contribution in [1.82, 2.24) is 50.6 Å². The maximum absolute atomic E-state index is 13.4. The average Bonchev–Trinajstić information content (AvgIpc) is 1.61. The van der Waals surface area contributed by atoms with Gasteiger partial charge < -0.3 is 118 Å². The van der Waals surface area contributed by atoms with E-state index in [1.54, 1.807) is 0 Å². The molecule has 12 N–H and O–H groups in total. The van der Waals surface area contributed by atoms with Crippen LogP contribution in [0.2, 0.25) is 0 Å². The molecule has 2 saturated heterocycles. The van der Waals surface area contributed by atoms with E-state index in [9.17, 15) is 91.4 Å². The van der Waals surface area contributed by atoms with Gasteiger partial charge in [0.05, 0.1) is 117 Å². The van der Waals surface area contributed by atoms with E-state index in [4.69, 9.17) is 99.6 Å². The first-order valence-corrected chi connectivity index (χ1v) is 51.0. The Labute approximate surface area is 796 Å². The minimum Gasteiger partial charge on any atom is -0.386 e. The second-order valence-corrected chi connectivity index (χ2v) is 37.9. The Morgan fingerprint density at radius 1 is 0.593 bits per heavy atom. The summed E-state index contributed by atoms with van der Waals surface area (Å²) < 4.78 is 128. The number of ether oxygens (including phenoxy) is 13. The van der Waals surface area contributed by atoms with Gasteiger partial charge in [0.1, 0.15) is 76.0 Å². The third kappa shape index (κ3) is 47.6. The molecular formula is C82H130Cl2N11O36P3S. The van der Waals surface area contributed by atoms with Crippen molar-refractivity contribution < 1.29 is 171 Å². The number of halogens is 2. The highest BCUT2D eigenvalue weighted by molar-refractivity contribution is 8.00. The van der Waals surface area contributed by atoms with Crippen molar-refractivity contribution in [2.24, 2.45) is 5.41 Å². The van der Waals surface area contributed by atoms with Gasteiger partial charge in [0.15, 0.2) is 23.5 Å². The second-order valence-electron chi connectivity index (χ2n) is 31.6. The molecule has 135 heavy (non-hydrogen) atoms. The predicted octanol–water partition coefficient (Wildman–Crippen LogP) is 3.96. The van der Waals surface area contributed by atoms with Gasteiger partial charge in [-0.3, -0.25) is 75.9 Å². The summed E-state index contributed by atoms with van der Waals surface area (Å²) in [7, 11) is -16.6. The normalized spacial score (nSPS) is 17.8. The fourth-order valence-electron chi connectivity index (χ4n) is 13.3. The van der Waals surface area contributed by atoms with Crippen LogP contribution in [0, 0.1) is 5.41 Å². The number of nitrogens with two attached hydrogens (primary N) is 1. The van der Waals surface area contributed by atoms with Gasteiger partial charge in [0.2, 0.25) is 35.4 Å². The van der Waals surface area contributed by atoms with Crippen LogP contribution in [0.25, 0.3) is 11.2 Å². The van der Waals surface area contributed by atoms with Crippen LogP contribution in [0.5, 0.6) is 0 Å². The number of carbonyl (C=O) groups is 10. The van der Waals surface area contributed by atoms with Gasteiger partial charge in [-0.05, 0) is 87.7 Å². The van der Waals surface area contributed by atoms with E-state index in [0.717, 1.165) is 58.7 Å². The number of rotatable bonds is 81. The number of imide groups is 2. The predicted molar refractivity (Wildman–Crippen MR) is 482 cm³/mol. The number of thioether (sulfide) groups is 1. The number of anilines is 1. The highest BCUT2D eigenvalue weighted by Crippen LogP contribution is 2.61. The van der Waals surface area contributed by atoms with Crippen molar-refractivity contribution in [3.8, 4) is 0 Å². The van der Waals surface area contributed by atoms with Gasteiger partial charge in [-0.2, -0.15) is 4.31 Å². The van der Waals surface area contributed by atoms with Crippen molar-refractivity contribution in [3.05, 3.63) is 60.2 Å². The molecule has 6 rings (SSSR count). The highest BCUT2D eigenvalue weighted by Gasteiger charge is 2.51. The molecule has 2 aromatic heterocycles. The minimum absolute atomic E-state index is 0.00504. The van der Waals surface area contributed by atoms with E-state index in [2.05, 4.69) is 69.3 Å². The number of phosphoric acid groups is 3. The molecule has 0 saturated carbocycles. The van der Waals surface area contributed by atoms with Crippen LogP contribution < -0.4 is 27.0 Å². The number of phosphoric ester groups is 3. The largest absolute Gasteiger partial charge is 0.481 e. The van der Waals surface area contributed by atoms with E-state index in [-0.39, 0.29) is 249 Å². The second kappa shape index (κ2) is 65.5. The molecule has 0 bridgehead atoms. The number of benzene rings is 1. The van der Waals surface area contributed by atoms with Crippen LogP contribution in [0.4, 0.5) is 5.82 Å². The SMILES string of the molecule is CC(C)(COP(=O)(O)OP(=O)(O)OC[C@H]1O[C@@H](n2cnc3c(N)ncnc32)[C@@H](O)C1OP(=O)(O)O)[C@@H](O)C(=O)NCCC(=O)NCCSC1CC(=O)N(CCCC(=O)CCOCCOCOCCOCOCCOCOCCOCOCCOCOCCOCCCC(=O)C(CCCCNC(=O)CCCc2ccc(C(CCCl)CCCl)cc2)NC(=O)CCCCCN2C(=O)C=CC2=O)C1=O. The lowest BCUT2D eigenvalue weighted by Crippen LogP contribution is -2.46. The minimum atomic E-state index is -5.64. The fourth-order valence-corrected chi connectivity index (χ4v) is 17.7. The number of carbonyl (C=O) groups excluding carboxylic acids is 10. The number of aryl methyl sites for hydroxylation is 1. The van der Waals surface area contributed by atoms with E-state index in [1.807, 2.05) is 0 Å². The molecule has 9 atom stereocenters. The lowest BCUT2D eigenvalue weighted by Gasteiger charge is -2.30. The zero-order chi connectivity index (χ0) is 98.3. The molecule has 8 amide bonds. The molecule has 0 spiro atoms. The number of Topliss-reactive ketones (excluding diaryl/α,β-unsaturated/α-hetero) is 2. The number of nitrogen functional groups attached to an aromatic ring is 1. The summed E-state index contributed by atoms with van der Waals surface area (Å²) in [5, 5.41) is 31.9. The van der Waals surface area contributed by atoms with Gasteiger partial charge >= 0.3 is 23.5 Å². The molecular weight excluding hydrogens is 1910 g/mol. The number of aromatic nitrogens is 4. The van der Waals surface area contributed by atoms with Crippen molar-refractivity contribution in [2.45, 2.75) is 184 Å². The first-order valence-electron chi connectivity index (χ1n) is 44.3. The molecule has 3 aliphatic heterocycles. The summed E-state index contributed by atoms with van der Waals surface area (Å²) >= 11 is 13.2. The lowest BCUT2D eigenvalue weighted by molar-refractivity contribution is -0.139. The molecule has 2 fully saturated rings. The number of unbranched alkanes of at least 4 members (excludes halogenated alkanes) is 3. The molecule has 53 heteroatoms. The molecule has 5 unspecified atom stereocenters. The Bertz CT molecular complexity index is 4250. The first kappa shape index (κ1) is 117. The standard InChI is InChI=1S/C82H130Cl2N11O36P3S/c1-82(2,51-128-134(113,114)131-133(111,112)127-50-65-75(130-132(108,109)110)74(104)81(129-65)95-53-91-73-77(85)89-52-90-78(73)95)76(105)79(106)88-30-25-68(99)87-31-48-135-66-49-72(103)94(80(66)107)33-9-12-62(96)26-35-116-37-39-118-55-120-41-43-122-57-124-45-47-126-58-125-46-44-123-56-121-42-40-119-54-117-38-36-115-34-10-14-64(97)63(92-69(100)15-4-3-7-32-93-70(101)21-22-71(93)102)13-5-6-29-86-67(98)16-8-11-59-17-19-60(20-18-59)61(23-27-83)24-28-84/h17-22,52-53,61,63,65-66,74-76,81,104-105H,3-16,23-51,54-58H2,1-2H3,(H,86,98)(H,87,99)(H,88,106)(H,92,100)(H,111,112)(H,113,114)(H2,85,89,90)(H2,108,109,110)/t63?,65-,66?,74+,75?,76+,81-/m1/s1. The smallest absolute Gasteiger partial charge is 0.386 e. The molecule has 5 heterocycles. The third-order valence-electron chi connectivity index (χ3n) is 20.6. The van der Waals surface area contributed by atoms with Gasteiger partial charge in [-0.15, -0.1) is 35.0 Å². The Balaban J connectivity index is 0.655. The van der Waals surface area contributed by atoms with Gasteiger partial charge in [0.25, 0.3) is 11.8 Å². The van der Waals surface area contributed by atoms with Gasteiger partial charge in [-0.1, -0.05) is 44.5 Å². The summed E-state index contributed by atoms with van der Waals surface area (Å²) in [5.41, 5.74) is 6.55. The number of imidazole rings is 1. The van der Waals surface area contributed by atoms with E-state index >= 15 is 0 Å². The number of fused-ring (bicyclic) bond motifs is 1. The van der Waals surface area contributed by atoms with Crippen molar-refractivity contribution in [2.75, 3.05) is 196 Å². The number of amides is 8. The zero-order valence-electron chi connectivity index (χ0n) is 75.9. The maximum atomic E-state index is 13.4. The van der Waals surface area contributed by atoms with E-state index in [0.29, 0.717) is 88.6 Å². The number of nitrogens with zero attached hydrogens (tertiary/aromatic N) is 6. The molecule has 3 aliphatic rings. The van der Waals surface area contributed by atoms with Crippen LogP contribution in [-0.4, -0.2) is 344 Å². The summed E-state index contributed by atoms with van der Waals surface area (Å²) in [6.07, 6.45) is 3.41. The number of nitrogens with one attached hydrogen (secondary N) is 4. The average molecular weight is 2040 g/mol. The molecule has 47 nitrogen and oxygen atoms in total. The molecule has 0 aliphatic carbocycles.